The van der Waals surface area contributed by atoms with E-state index in [4.69, 9.17) is 4.74 Å². The summed E-state index contributed by atoms with van der Waals surface area (Å²) in [4.78, 5) is 21.0. The first-order chi connectivity index (χ1) is 10.2. The highest BCUT2D eigenvalue weighted by Crippen LogP contribution is 2.14. The lowest BCUT2D eigenvalue weighted by Gasteiger charge is -2.27. The second-order valence-electron chi connectivity index (χ2n) is 6.00. The first kappa shape index (κ1) is 14.5. The fourth-order valence-electron chi connectivity index (χ4n) is 3.17. The number of aryl methyl sites for hydroxylation is 1. The van der Waals surface area contributed by atoms with E-state index in [2.05, 4.69) is 9.88 Å². The first-order valence-corrected chi connectivity index (χ1v) is 7.83. The van der Waals surface area contributed by atoms with Gasteiger partial charge in [-0.15, -0.1) is 0 Å². The molecule has 1 aromatic rings. The van der Waals surface area contributed by atoms with E-state index < -0.39 is 0 Å². The average Bonchev–Trinajstić information content (AvgIpc) is 3.06. The number of nitrogens with zero attached hydrogens (tertiary/aromatic N) is 4. The van der Waals surface area contributed by atoms with Crippen LogP contribution in [0.5, 0.6) is 0 Å². The van der Waals surface area contributed by atoms with Gasteiger partial charge >= 0.3 is 0 Å². The summed E-state index contributed by atoms with van der Waals surface area (Å²) in [5, 5.41) is 0. The molecule has 6 nitrogen and oxygen atoms in total. The van der Waals surface area contributed by atoms with E-state index in [1.54, 1.807) is 17.1 Å². The van der Waals surface area contributed by atoms with Gasteiger partial charge in [0, 0.05) is 33.3 Å². The molecule has 0 unspecified atom stereocenters. The summed E-state index contributed by atoms with van der Waals surface area (Å²) >= 11 is 0. The van der Waals surface area contributed by atoms with E-state index in [9.17, 15) is 4.79 Å². The predicted molar refractivity (Wildman–Crippen MR) is 79.1 cm³/mol. The minimum absolute atomic E-state index is 0.0620. The number of aromatic nitrogens is 2. The van der Waals surface area contributed by atoms with Crippen LogP contribution in [0.2, 0.25) is 0 Å². The van der Waals surface area contributed by atoms with Gasteiger partial charge in [0.15, 0.2) is 0 Å². The highest BCUT2D eigenvalue weighted by Gasteiger charge is 2.26. The molecule has 0 radical (unpaired) electrons. The summed E-state index contributed by atoms with van der Waals surface area (Å²) < 4.78 is 7.72. The molecule has 6 heteroatoms. The van der Waals surface area contributed by atoms with Gasteiger partial charge in [-0.05, 0) is 32.4 Å². The molecule has 2 fully saturated rings. The summed E-state index contributed by atoms with van der Waals surface area (Å²) in [5.41, 5.74) is 0.650. The molecule has 1 aromatic heterocycles. The minimum Gasteiger partial charge on any atom is -0.375 e. The van der Waals surface area contributed by atoms with Crippen molar-refractivity contribution in [2.75, 3.05) is 39.3 Å². The summed E-state index contributed by atoms with van der Waals surface area (Å²) in [6.45, 7) is 5.45. The van der Waals surface area contributed by atoms with Crippen molar-refractivity contribution in [2.24, 2.45) is 7.05 Å². The van der Waals surface area contributed by atoms with Crippen molar-refractivity contribution in [3.05, 3.63) is 18.2 Å². The highest BCUT2D eigenvalue weighted by atomic mass is 16.5. The number of rotatable bonds is 3. The van der Waals surface area contributed by atoms with Crippen LogP contribution in [0, 0.1) is 0 Å². The lowest BCUT2D eigenvalue weighted by Crippen LogP contribution is -2.42. The second-order valence-corrected chi connectivity index (χ2v) is 6.00. The monoisotopic (exact) mass is 292 g/mol. The number of carbonyl (C=O) groups is 1. The Bertz CT molecular complexity index is 482. The first-order valence-electron chi connectivity index (χ1n) is 7.83. The van der Waals surface area contributed by atoms with Crippen LogP contribution < -0.4 is 0 Å². The fourth-order valence-corrected chi connectivity index (χ4v) is 3.17. The number of hydrogen-bond acceptors (Lipinski definition) is 4. The standard InChI is InChI=1S/C15H24N4O2/c1-17-12-16-9-14(17)15(20)19-7-4-8-21-13(11-19)10-18-5-2-3-6-18/h9,12-13H,2-8,10-11H2,1H3/t13-/m0/s1. The topological polar surface area (TPSA) is 50.6 Å². The third kappa shape index (κ3) is 3.44. The predicted octanol–water partition coefficient (Wildman–Crippen LogP) is 0.747. The lowest BCUT2D eigenvalue weighted by molar-refractivity contribution is 0.0295. The van der Waals surface area contributed by atoms with Gasteiger partial charge in [-0.2, -0.15) is 0 Å². The molecule has 3 heterocycles. The molecule has 0 saturated carbocycles. The molecule has 3 rings (SSSR count). The van der Waals surface area contributed by atoms with Crippen molar-refractivity contribution in [3.8, 4) is 0 Å². The van der Waals surface area contributed by atoms with Crippen molar-refractivity contribution in [2.45, 2.75) is 25.4 Å². The molecular formula is C15H24N4O2. The van der Waals surface area contributed by atoms with E-state index in [0.717, 1.165) is 39.2 Å². The van der Waals surface area contributed by atoms with Crippen molar-refractivity contribution >= 4 is 5.91 Å². The van der Waals surface area contributed by atoms with Crippen LogP contribution in [0.4, 0.5) is 0 Å². The van der Waals surface area contributed by atoms with Gasteiger partial charge in [-0.3, -0.25) is 4.79 Å². The summed E-state index contributed by atoms with van der Waals surface area (Å²) in [6, 6.07) is 0. The summed E-state index contributed by atoms with van der Waals surface area (Å²) in [7, 11) is 1.86. The molecule has 2 aliphatic rings. The molecule has 1 atom stereocenters. The summed E-state index contributed by atoms with van der Waals surface area (Å²) in [5.74, 6) is 0.0620. The van der Waals surface area contributed by atoms with Gasteiger partial charge in [-0.25, -0.2) is 4.98 Å². The number of ether oxygens (including phenoxy) is 1. The minimum atomic E-state index is 0.0620. The van der Waals surface area contributed by atoms with Gasteiger partial charge in [0.1, 0.15) is 5.69 Å². The largest absolute Gasteiger partial charge is 0.375 e. The maximum atomic E-state index is 12.6. The Morgan fingerprint density at radius 2 is 2.14 bits per heavy atom. The van der Waals surface area contributed by atoms with Gasteiger partial charge in [0.25, 0.3) is 5.91 Å². The van der Waals surface area contributed by atoms with Crippen molar-refractivity contribution in [1.29, 1.82) is 0 Å². The Balaban J connectivity index is 1.64. The third-order valence-corrected chi connectivity index (χ3v) is 4.33. The Morgan fingerprint density at radius 1 is 1.33 bits per heavy atom. The molecule has 0 aliphatic carbocycles. The van der Waals surface area contributed by atoms with Crippen molar-refractivity contribution in [1.82, 2.24) is 19.4 Å². The number of likely N-dealkylation sites (tertiary alicyclic amines) is 1. The van der Waals surface area contributed by atoms with E-state index in [0.29, 0.717) is 12.2 Å². The molecule has 0 bridgehead atoms. The maximum Gasteiger partial charge on any atom is 0.272 e. The number of imidazole rings is 1. The lowest BCUT2D eigenvalue weighted by atomic mass is 10.2. The molecule has 0 aromatic carbocycles. The van der Waals surface area contributed by atoms with Gasteiger partial charge in [0.2, 0.25) is 0 Å². The zero-order valence-electron chi connectivity index (χ0n) is 12.7. The quantitative estimate of drug-likeness (QED) is 0.825. The molecular weight excluding hydrogens is 268 g/mol. The van der Waals surface area contributed by atoms with Crippen LogP contribution in [0.15, 0.2) is 12.5 Å². The maximum absolute atomic E-state index is 12.6. The van der Waals surface area contributed by atoms with Crippen LogP contribution in [-0.2, 0) is 11.8 Å². The second kappa shape index (κ2) is 6.58. The number of hydrogen-bond donors (Lipinski definition) is 0. The SMILES string of the molecule is Cn1cncc1C(=O)N1CCCO[C@@H](CN2CCCC2)C1. The molecule has 1 amide bonds. The van der Waals surface area contributed by atoms with Crippen LogP contribution in [-0.4, -0.2) is 70.7 Å². The van der Waals surface area contributed by atoms with Crippen LogP contribution >= 0.6 is 0 Å². The average molecular weight is 292 g/mol. The molecule has 21 heavy (non-hydrogen) atoms. The van der Waals surface area contributed by atoms with E-state index >= 15 is 0 Å². The van der Waals surface area contributed by atoms with Crippen molar-refractivity contribution < 1.29 is 9.53 Å². The van der Waals surface area contributed by atoms with Gasteiger partial charge in [0.05, 0.1) is 18.6 Å². The Kier molecular flexibility index (Phi) is 4.55. The Hall–Kier alpha value is -1.40. The number of amides is 1. The van der Waals surface area contributed by atoms with Crippen LogP contribution in [0.1, 0.15) is 29.8 Å². The zero-order valence-corrected chi connectivity index (χ0v) is 12.7. The molecule has 0 spiro atoms. The Morgan fingerprint density at radius 3 is 2.86 bits per heavy atom. The van der Waals surface area contributed by atoms with Crippen molar-refractivity contribution in [3.63, 3.8) is 0 Å². The van der Waals surface area contributed by atoms with Crippen LogP contribution in [0.3, 0.4) is 0 Å². The highest BCUT2D eigenvalue weighted by molar-refractivity contribution is 5.92. The van der Waals surface area contributed by atoms with E-state index in [1.165, 1.54) is 12.8 Å². The van der Waals surface area contributed by atoms with Gasteiger partial charge in [-0.1, -0.05) is 0 Å². The zero-order chi connectivity index (χ0) is 14.7. The Labute approximate surface area is 125 Å². The van der Waals surface area contributed by atoms with E-state index in [-0.39, 0.29) is 12.0 Å². The van der Waals surface area contributed by atoms with Crippen LogP contribution in [0.25, 0.3) is 0 Å². The molecule has 116 valence electrons. The third-order valence-electron chi connectivity index (χ3n) is 4.33. The normalized spacial score (nSPS) is 24.2. The number of carbonyl (C=O) groups excluding carboxylic acids is 1. The molecule has 2 saturated heterocycles. The smallest absolute Gasteiger partial charge is 0.272 e. The van der Waals surface area contributed by atoms with Gasteiger partial charge < -0.3 is 19.1 Å². The summed E-state index contributed by atoms with van der Waals surface area (Å²) in [6.07, 6.45) is 6.91. The van der Waals surface area contributed by atoms with E-state index in [1.807, 2.05) is 11.9 Å². The molecule has 0 N–H and O–H groups in total. The fraction of sp³-hybridized carbons (Fsp3) is 0.733. The molecule has 2 aliphatic heterocycles.